The lowest BCUT2D eigenvalue weighted by atomic mass is 9.98. The van der Waals surface area contributed by atoms with Crippen LogP contribution >= 0.6 is 11.6 Å². The van der Waals surface area contributed by atoms with Gasteiger partial charge in [-0.3, -0.25) is 4.79 Å². The van der Waals surface area contributed by atoms with E-state index in [9.17, 15) is 4.79 Å². The van der Waals surface area contributed by atoms with E-state index in [1.54, 1.807) is 6.07 Å². The molecule has 1 rings (SSSR count). The summed E-state index contributed by atoms with van der Waals surface area (Å²) in [7, 11) is 0. The van der Waals surface area contributed by atoms with Gasteiger partial charge in [-0.15, -0.1) is 0 Å². The van der Waals surface area contributed by atoms with E-state index in [1.807, 2.05) is 26.0 Å². The van der Waals surface area contributed by atoms with Gasteiger partial charge in [-0.05, 0) is 17.5 Å². The minimum Gasteiger partial charge on any atom is -0.298 e. The van der Waals surface area contributed by atoms with Crippen LogP contribution < -0.4 is 0 Å². The highest BCUT2D eigenvalue weighted by Gasteiger charge is 2.08. The van der Waals surface area contributed by atoms with Gasteiger partial charge in [0.05, 0.1) is 5.02 Å². The lowest BCUT2D eigenvalue weighted by molar-refractivity contribution is 0.112. The maximum Gasteiger partial charge on any atom is 0.151 e. The Morgan fingerprint density at radius 2 is 2.08 bits per heavy atom. The number of hydrogen-bond donors (Lipinski definition) is 0. The first-order valence-electron chi connectivity index (χ1n) is 3.90. The Morgan fingerprint density at radius 3 is 2.50 bits per heavy atom. The van der Waals surface area contributed by atoms with Crippen LogP contribution in [0.25, 0.3) is 0 Å². The summed E-state index contributed by atoms with van der Waals surface area (Å²) in [5, 5.41) is 0.538. The van der Waals surface area contributed by atoms with Gasteiger partial charge in [0.25, 0.3) is 0 Å². The molecule has 0 radical (unpaired) electrons. The summed E-state index contributed by atoms with van der Waals surface area (Å²) in [5.74, 6) is 0.337. The maximum atomic E-state index is 10.7. The van der Waals surface area contributed by atoms with Gasteiger partial charge in [-0.1, -0.05) is 37.6 Å². The van der Waals surface area contributed by atoms with Gasteiger partial charge in [-0.2, -0.15) is 0 Å². The van der Waals surface area contributed by atoms with Crippen molar-refractivity contribution >= 4 is 17.9 Å². The Hall–Kier alpha value is -0.820. The van der Waals surface area contributed by atoms with Crippen LogP contribution in [0.3, 0.4) is 0 Å². The molecule has 1 aromatic carbocycles. The van der Waals surface area contributed by atoms with Gasteiger partial charge in [0, 0.05) is 5.56 Å². The number of rotatable bonds is 2. The third-order valence-electron chi connectivity index (χ3n) is 1.83. The molecule has 64 valence electrons. The van der Waals surface area contributed by atoms with Gasteiger partial charge in [0.15, 0.2) is 6.29 Å². The normalized spacial score (nSPS) is 10.3. The molecule has 0 aliphatic heterocycles. The van der Waals surface area contributed by atoms with Gasteiger partial charge in [0.1, 0.15) is 0 Å². The molecular formula is C10H11ClO. The summed E-state index contributed by atoms with van der Waals surface area (Å²) in [5.41, 5.74) is 1.63. The highest BCUT2D eigenvalue weighted by Crippen LogP contribution is 2.24. The average Bonchev–Trinajstić information content (AvgIpc) is 2.03. The highest BCUT2D eigenvalue weighted by molar-refractivity contribution is 6.33. The fourth-order valence-corrected chi connectivity index (χ4v) is 1.41. The van der Waals surface area contributed by atoms with Crippen LogP contribution in [0.4, 0.5) is 0 Å². The van der Waals surface area contributed by atoms with E-state index in [2.05, 4.69) is 0 Å². The summed E-state index contributed by atoms with van der Waals surface area (Å²) >= 11 is 5.84. The molecule has 0 N–H and O–H groups in total. The van der Waals surface area contributed by atoms with Crippen molar-refractivity contribution in [3.8, 4) is 0 Å². The molecule has 0 saturated carbocycles. The van der Waals surface area contributed by atoms with E-state index in [4.69, 9.17) is 11.6 Å². The molecule has 0 unspecified atom stereocenters. The molecule has 12 heavy (non-hydrogen) atoms. The maximum absolute atomic E-state index is 10.7. The van der Waals surface area contributed by atoms with E-state index in [1.165, 1.54) is 0 Å². The minimum absolute atomic E-state index is 0.337. The third-order valence-corrected chi connectivity index (χ3v) is 2.16. The van der Waals surface area contributed by atoms with Crippen LogP contribution in [0, 0.1) is 0 Å². The fourth-order valence-electron chi connectivity index (χ4n) is 1.18. The van der Waals surface area contributed by atoms with Gasteiger partial charge < -0.3 is 0 Å². The van der Waals surface area contributed by atoms with Crippen LogP contribution in [0.2, 0.25) is 5.02 Å². The second-order valence-corrected chi connectivity index (χ2v) is 3.42. The Balaban J connectivity index is 3.27. The first-order chi connectivity index (χ1) is 5.66. The number of carbonyl (C=O) groups is 1. The molecule has 0 amide bonds. The quantitative estimate of drug-likeness (QED) is 0.642. The van der Waals surface area contributed by atoms with Crippen molar-refractivity contribution in [2.45, 2.75) is 19.8 Å². The third kappa shape index (κ3) is 1.67. The van der Waals surface area contributed by atoms with Crippen LogP contribution in [0.5, 0.6) is 0 Å². The van der Waals surface area contributed by atoms with Crippen molar-refractivity contribution in [2.75, 3.05) is 0 Å². The van der Waals surface area contributed by atoms with Gasteiger partial charge in [-0.25, -0.2) is 0 Å². The number of halogens is 1. The molecular weight excluding hydrogens is 172 g/mol. The smallest absolute Gasteiger partial charge is 0.151 e. The van der Waals surface area contributed by atoms with Crippen LogP contribution in [-0.4, -0.2) is 6.29 Å². The SMILES string of the molecule is CC(C)c1cccc(Cl)c1C=O. The predicted molar refractivity (Wildman–Crippen MR) is 50.9 cm³/mol. The van der Waals surface area contributed by atoms with Crippen molar-refractivity contribution < 1.29 is 4.79 Å². The topological polar surface area (TPSA) is 17.1 Å². The summed E-state index contributed by atoms with van der Waals surface area (Å²) in [6, 6.07) is 5.53. The fraction of sp³-hybridized carbons (Fsp3) is 0.300. The second-order valence-electron chi connectivity index (χ2n) is 3.02. The number of hydrogen-bond acceptors (Lipinski definition) is 1. The van der Waals surface area contributed by atoms with E-state index in [0.717, 1.165) is 11.8 Å². The van der Waals surface area contributed by atoms with E-state index in [0.29, 0.717) is 16.5 Å². The average molecular weight is 183 g/mol. The number of benzene rings is 1. The molecule has 0 saturated heterocycles. The summed E-state index contributed by atoms with van der Waals surface area (Å²) in [6.07, 6.45) is 0.817. The van der Waals surface area contributed by atoms with Crippen molar-refractivity contribution in [1.82, 2.24) is 0 Å². The van der Waals surface area contributed by atoms with Crippen molar-refractivity contribution in [3.05, 3.63) is 34.3 Å². The summed E-state index contributed by atoms with van der Waals surface area (Å²) in [6.45, 7) is 4.08. The first kappa shape index (κ1) is 9.27. The lowest BCUT2D eigenvalue weighted by Gasteiger charge is -2.08. The molecule has 0 fully saturated rings. The second kappa shape index (κ2) is 3.72. The number of carbonyl (C=O) groups excluding carboxylic acids is 1. The Morgan fingerprint density at radius 1 is 1.42 bits per heavy atom. The molecule has 0 spiro atoms. The van der Waals surface area contributed by atoms with Crippen molar-refractivity contribution in [1.29, 1.82) is 0 Å². The van der Waals surface area contributed by atoms with Crippen LogP contribution in [-0.2, 0) is 0 Å². The zero-order chi connectivity index (χ0) is 9.14. The highest BCUT2D eigenvalue weighted by atomic mass is 35.5. The van der Waals surface area contributed by atoms with Gasteiger partial charge >= 0.3 is 0 Å². The first-order valence-corrected chi connectivity index (χ1v) is 4.28. The minimum atomic E-state index is 0.337. The van der Waals surface area contributed by atoms with Crippen LogP contribution in [0.15, 0.2) is 18.2 Å². The molecule has 1 aromatic rings. The number of aldehydes is 1. The monoisotopic (exact) mass is 182 g/mol. The van der Waals surface area contributed by atoms with Crippen molar-refractivity contribution in [3.63, 3.8) is 0 Å². The van der Waals surface area contributed by atoms with E-state index < -0.39 is 0 Å². The summed E-state index contributed by atoms with van der Waals surface area (Å²) < 4.78 is 0. The zero-order valence-corrected chi connectivity index (χ0v) is 7.93. The molecule has 0 bridgehead atoms. The molecule has 0 aliphatic carbocycles. The Labute approximate surface area is 77.4 Å². The van der Waals surface area contributed by atoms with E-state index >= 15 is 0 Å². The Bertz CT molecular complexity index is 292. The predicted octanol–water partition coefficient (Wildman–Crippen LogP) is 3.28. The molecule has 0 heterocycles. The molecule has 0 aromatic heterocycles. The Kier molecular flexibility index (Phi) is 2.88. The molecule has 0 atom stereocenters. The zero-order valence-electron chi connectivity index (χ0n) is 7.17. The van der Waals surface area contributed by atoms with E-state index in [-0.39, 0.29) is 0 Å². The van der Waals surface area contributed by atoms with Crippen molar-refractivity contribution in [2.24, 2.45) is 0 Å². The van der Waals surface area contributed by atoms with Crippen LogP contribution in [0.1, 0.15) is 35.7 Å². The molecule has 2 heteroatoms. The van der Waals surface area contributed by atoms with Gasteiger partial charge in [0.2, 0.25) is 0 Å². The largest absolute Gasteiger partial charge is 0.298 e. The standard InChI is InChI=1S/C10H11ClO/c1-7(2)8-4-3-5-10(11)9(8)6-12/h3-7H,1-2H3. The molecule has 0 aliphatic rings. The summed E-state index contributed by atoms with van der Waals surface area (Å²) in [4.78, 5) is 10.7. The lowest BCUT2D eigenvalue weighted by Crippen LogP contribution is -1.95. The molecule has 1 nitrogen and oxygen atoms in total.